The van der Waals surface area contributed by atoms with E-state index in [4.69, 9.17) is 0 Å². The van der Waals surface area contributed by atoms with Gasteiger partial charge in [0.05, 0.1) is 11.6 Å². The fourth-order valence-corrected chi connectivity index (χ4v) is 2.42. The van der Waals surface area contributed by atoms with Crippen molar-refractivity contribution < 1.29 is 4.79 Å². The molecule has 1 aromatic heterocycles. The minimum Gasteiger partial charge on any atom is -0.293 e. The van der Waals surface area contributed by atoms with Gasteiger partial charge in [0.2, 0.25) is 0 Å². The molecule has 21 heavy (non-hydrogen) atoms. The molecule has 2 aromatic carbocycles. The maximum Gasteiger partial charge on any atom is 0.176 e. The molecule has 0 unspecified atom stereocenters. The van der Waals surface area contributed by atoms with Gasteiger partial charge >= 0.3 is 0 Å². The van der Waals surface area contributed by atoms with Crippen LogP contribution in [0.1, 0.15) is 27.5 Å². The lowest BCUT2D eigenvalue weighted by molar-refractivity contribution is 0.0972. The lowest BCUT2D eigenvalue weighted by Gasteiger charge is -2.16. The first-order valence-electron chi connectivity index (χ1n) is 6.91. The highest BCUT2D eigenvalue weighted by molar-refractivity contribution is 6.02. The van der Waals surface area contributed by atoms with E-state index in [1.165, 1.54) is 0 Å². The van der Waals surface area contributed by atoms with Crippen LogP contribution in [0, 0.1) is 0 Å². The molecule has 1 heterocycles. The minimum absolute atomic E-state index is 0.0699. The predicted octanol–water partition coefficient (Wildman–Crippen LogP) is 4.10. The first-order valence-corrected chi connectivity index (χ1v) is 6.91. The van der Waals surface area contributed by atoms with Gasteiger partial charge in [-0.05, 0) is 17.7 Å². The van der Waals surface area contributed by atoms with Crippen molar-refractivity contribution in [2.24, 2.45) is 0 Å². The lowest BCUT2D eigenvalue weighted by atomic mass is 9.87. The van der Waals surface area contributed by atoms with E-state index in [2.05, 4.69) is 4.98 Å². The van der Waals surface area contributed by atoms with Crippen LogP contribution in [0.25, 0.3) is 0 Å². The van der Waals surface area contributed by atoms with Gasteiger partial charge in [0, 0.05) is 11.8 Å². The summed E-state index contributed by atoms with van der Waals surface area (Å²) in [5.41, 5.74) is 2.44. The number of nitrogens with zero attached hydrogens (tertiary/aromatic N) is 1. The molecule has 2 nitrogen and oxygen atoms in total. The molecule has 0 aliphatic heterocycles. The Morgan fingerprint density at radius 3 is 2.00 bits per heavy atom. The summed E-state index contributed by atoms with van der Waals surface area (Å²) in [6, 6.07) is 24.8. The molecular weight excluding hydrogens is 258 g/mol. The van der Waals surface area contributed by atoms with E-state index >= 15 is 0 Å². The van der Waals surface area contributed by atoms with Gasteiger partial charge in [-0.2, -0.15) is 0 Å². The Bertz CT molecular complexity index is 669. The van der Waals surface area contributed by atoms with E-state index in [0.29, 0.717) is 5.56 Å². The number of hydrogen-bond donors (Lipinski definition) is 0. The minimum atomic E-state index is -0.366. The molecular formula is C19H15NO. The second-order valence-corrected chi connectivity index (χ2v) is 4.83. The summed E-state index contributed by atoms with van der Waals surface area (Å²) in [5, 5.41) is 0. The molecule has 0 amide bonds. The van der Waals surface area contributed by atoms with Crippen LogP contribution >= 0.6 is 0 Å². The van der Waals surface area contributed by atoms with E-state index in [0.717, 1.165) is 11.3 Å². The SMILES string of the molecule is O=C(c1ccccc1)[C@H](c1ccccc1)c1ccccn1. The van der Waals surface area contributed by atoms with Crippen molar-refractivity contribution in [1.29, 1.82) is 0 Å². The second-order valence-electron chi connectivity index (χ2n) is 4.83. The van der Waals surface area contributed by atoms with E-state index in [-0.39, 0.29) is 11.7 Å². The fraction of sp³-hybridized carbons (Fsp3) is 0.0526. The van der Waals surface area contributed by atoms with Crippen LogP contribution in [0.5, 0.6) is 0 Å². The van der Waals surface area contributed by atoms with Crippen molar-refractivity contribution in [3.05, 3.63) is 102 Å². The van der Waals surface area contributed by atoms with Crippen LogP contribution in [0.15, 0.2) is 85.1 Å². The molecule has 0 spiro atoms. The second kappa shape index (κ2) is 6.14. The molecule has 0 radical (unpaired) electrons. The summed E-state index contributed by atoms with van der Waals surface area (Å²) in [5.74, 6) is -0.296. The maximum atomic E-state index is 12.9. The maximum absolute atomic E-state index is 12.9. The molecule has 3 aromatic rings. The Morgan fingerprint density at radius 2 is 1.38 bits per heavy atom. The molecule has 0 bridgehead atoms. The number of carbonyl (C=O) groups excluding carboxylic acids is 1. The van der Waals surface area contributed by atoms with Gasteiger partial charge in [-0.3, -0.25) is 9.78 Å². The topological polar surface area (TPSA) is 30.0 Å². The van der Waals surface area contributed by atoms with E-state index in [1.807, 2.05) is 78.9 Å². The Kier molecular flexibility index (Phi) is 3.88. The normalized spacial score (nSPS) is 11.8. The molecule has 0 saturated carbocycles. The smallest absolute Gasteiger partial charge is 0.176 e. The highest BCUT2D eigenvalue weighted by atomic mass is 16.1. The highest BCUT2D eigenvalue weighted by Crippen LogP contribution is 2.26. The molecule has 1 atom stereocenters. The van der Waals surface area contributed by atoms with Crippen molar-refractivity contribution in [3.63, 3.8) is 0 Å². The van der Waals surface area contributed by atoms with E-state index in [9.17, 15) is 4.79 Å². The Hall–Kier alpha value is -2.74. The molecule has 0 N–H and O–H groups in total. The number of benzene rings is 2. The Morgan fingerprint density at radius 1 is 0.762 bits per heavy atom. The van der Waals surface area contributed by atoms with Crippen molar-refractivity contribution in [2.45, 2.75) is 5.92 Å². The predicted molar refractivity (Wildman–Crippen MR) is 83.3 cm³/mol. The molecule has 3 rings (SSSR count). The van der Waals surface area contributed by atoms with Crippen LogP contribution in [-0.4, -0.2) is 10.8 Å². The molecule has 0 aliphatic carbocycles. The molecule has 102 valence electrons. The molecule has 0 saturated heterocycles. The third-order valence-corrected chi connectivity index (χ3v) is 3.44. The van der Waals surface area contributed by atoms with Gasteiger partial charge in [-0.15, -0.1) is 0 Å². The van der Waals surface area contributed by atoms with Crippen molar-refractivity contribution in [1.82, 2.24) is 4.98 Å². The summed E-state index contributed by atoms with van der Waals surface area (Å²) in [6.07, 6.45) is 1.73. The standard InChI is InChI=1S/C19H15NO/c21-19(16-11-5-2-6-12-16)18(15-9-3-1-4-10-15)17-13-7-8-14-20-17/h1-14,18H/t18-/m1/s1. The third-order valence-electron chi connectivity index (χ3n) is 3.44. The lowest BCUT2D eigenvalue weighted by Crippen LogP contribution is -2.15. The van der Waals surface area contributed by atoms with Crippen LogP contribution < -0.4 is 0 Å². The first-order chi connectivity index (χ1) is 10.4. The summed E-state index contributed by atoms with van der Waals surface area (Å²) in [6.45, 7) is 0. The van der Waals surface area contributed by atoms with Gasteiger partial charge in [0.1, 0.15) is 0 Å². The number of pyridine rings is 1. The van der Waals surface area contributed by atoms with Crippen LogP contribution in [0.3, 0.4) is 0 Å². The van der Waals surface area contributed by atoms with Crippen molar-refractivity contribution in [3.8, 4) is 0 Å². The van der Waals surface area contributed by atoms with E-state index < -0.39 is 0 Å². The van der Waals surface area contributed by atoms with Crippen LogP contribution in [0.2, 0.25) is 0 Å². The van der Waals surface area contributed by atoms with Crippen LogP contribution in [-0.2, 0) is 0 Å². The van der Waals surface area contributed by atoms with Gasteiger partial charge in [0.25, 0.3) is 0 Å². The number of ketones is 1. The Labute approximate surface area is 124 Å². The van der Waals surface area contributed by atoms with Crippen molar-refractivity contribution >= 4 is 5.78 Å². The van der Waals surface area contributed by atoms with Crippen LogP contribution in [0.4, 0.5) is 0 Å². The van der Waals surface area contributed by atoms with Gasteiger partial charge < -0.3 is 0 Å². The molecule has 0 aliphatic rings. The fourth-order valence-electron chi connectivity index (χ4n) is 2.42. The zero-order valence-corrected chi connectivity index (χ0v) is 11.5. The van der Waals surface area contributed by atoms with E-state index in [1.54, 1.807) is 6.20 Å². The number of rotatable bonds is 4. The largest absolute Gasteiger partial charge is 0.293 e. The number of Topliss-reactive ketones (excluding diaryl/α,β-unsaturated/α-hetero) is 1. The van der Waals surface area contributed by atoms with Gasteiger partial charge in [-0.1, -0.05) is 66.7 Å². The highest BCUT2D eigenvalue weighted by Gasteiger charge is 2.24. The quantitative estimate of drug-likeness (QED) is 0.670. The number of aromatic nitrogens is 1. The summed E-state index contributed by atoms with van der Waals surface area (Å²) in [4.78, 5) is 17.3. The zero-order chi connectivity index (χ0) is 14.5. The summed E-state index contributed by atoms with van der Waals surface area (Å²) in [7, 11) is 0. The molecule has 0 fully saturated rings. The number of carbonyl (C=O) groups is 1. The monoisotopic (exact) mass is 273 g/mol. The van der Waals surface area contributed by atoms with Crippen molar-refractivity contribution in [2.75, 3.05) is 0 Å². The average molecular weight is 273 g/mol. The summed E-state index contributed by atoms with van der Waals surface area (Å²) < 4.78 is 0. The average Bonchev–Trinajstić information content (AvgIpc) is 2.58. The molecule has 2 heteroatoms. The summed E-state index contributed by atoms with van der Waals surface area (Å²) >= 11 is 0. The Balaban J connectivity index is 2.07. The van der Waals surface area contributed by atoms with Gasteiger partial charge in [0.15, 0.2) is 5.78 Å². The number of hydrogen-bond acceptors (Lipinski definition) is 2. The zero-order valence-electron chi connectivity index (χ0n) is 11.5. The first kappa shape index (κ1) is 13.3. The third kappa shape index (κ3) is 2.90. The van der Waals surface area contributed by atoms with Gasteiger partial charge in [-0.25, -0.2) is 0 Å².